The molecule has 1 rings (SSSR count). The zero-order valence-electron chi connectivity index (χ0n) is 6.18. The molecule has 0 spiro atoms. The summed E-state index contributed by atoms with van der Waals surface area (Å²) in [7, 11) is -2.26. The maximum Gasteiger partial charge on any atom is 0.504 e. The van der Waals surface area contributed by atoms with Crippen LogP contribution in [0.5, 0.6) is 0 Å². The number of rotatable bonds is 2. The van der Waals surface area contributed by atoms with Crippen LogP contribution in [0.25, 0.3) is 0 Å². The number of hydrogen-bond donors (Lipinski definition) is 3. The van der Waals surface area contributed by atoms with E-state index in [0.717, 1.165) is 0 Å². The average Bonchev–Trinajstić information content (AvgIpc) is 2.32. The molecule has 1 heterocycles. The van der Waals surface area contributed by atoms with E-state index in [1.54, 1.807) is 19.1 Å². The first-order chi connectivity index (χ1) is 5.13. The molecular formula is C5H9B2NO3. The molecule has 0 aliphatic heterocycles. The van der Waals surface area contributed by atoms with Crippen molar-refractivity contribution in [1.29, 1.82) is 0 Å². The molecule has 0 aliphatic rings. The van der Waals surface area contributed by atoms with E-state index in [1.165, 1.54) is 10.5 Å². The number of aromatic nitrogens is 1. The fraction of sp³-hybridized carbons (Fsp3) is 0.200. The molecule has 0 bridgehead atoms. The van der Waals surface area contributed by atoms with Gasteiger partial charge in [-0.3, -0.25) is 0 Å². The Hall–Kier alpha value is -0.710. The van der Waals surface area contributed by atoms with Crippen molar-refractivity contribution >= 4 is 19.8 Å². The summed E-state index contributed by atoms with van der Waals surface area (Å²) in [5.41, 5.74) is 0.292. The summed E-state index contributed by atoms with van der Waals surface area (Å²) in [6.07, 6.45) is 1.58. The summed E-state index contributed by atoms with van der Waals surface area (Å²) < 4.78 is 1.38. The molecule has 0 atom stereocenters. The van der Waals surface area contributed by atoms with Crippen molar-refractivity contribution in [3.8, 4) is 0 Å². The minimum atomic E-state index is -1.53. The van der Waals surface area contributed by atoms with E-state index in [0.29, 0.717) is 5.59 Å². The molecule has 0 unspecified atom stereocenters. The molecule has 0 fully saturated rings. The third-order valence-corrected chi connectivity index (χ3v) is 1.48. The van der Waals surface area contributed by atoms with E-state index >= 15 is 0 Å². The van der Waals surface area contributed by atoms with Crippen LogP contribution in [-0.2, 0) is 0 Å². The first-order valence-electron chi connectivity index (χ1n) is 3.34. The Morgan fingerprint density at radius 3 is 2.36 bits per heavy atom. The van der Waals surface area contributed by atoms with Crippen molar-refractivity contribution in [2.45, 2.75) is 6.82 Å². The highest BCUT2D eigenvalue weighted by molar-refractivity contribution is 6.61. The van der Waals surface area contributed by atoms with E-state index in [-0.39, 0.29) is 0 Å². The van der Waals surface area contributed by atoms with E-state index < -0.39 is 14.2 Å². The Kier molecular flexibility index (Phi) is 2.38. The van der Waals surface area contributed by atoms with Gasteiger partial charge in [-0.25, -0.2) is 0 Å². The average molecular weight is 153 g/mol. The lowest BCUT2D eigenvalue weighted by Crippen LogP contribution is -2.41. The molecule has 11 heavy (non-hydrogen) atoms. The van der Waals surface area contributed by atoms with Crippen LogP contribution < -0.4 is 5.59 Å². The van der Waals surface area contributed by atoms with Crippen LogP contribution in [0.3, 0.4) is 0 Å². The smallest absolute Gasteiger partial charge is 0.432 e. The van der Waals surface area contributed by atoms with Crippen LogP contribution in [0, 0.1) is 0 Å². The van der Waals surface area contributed by atoms with Gasteiger partial charge in [-0.2, -0.15) is 0 Å². The predicted octanol–water partition coefficient (Wildman–Crippen LogP) is -1.87. The predicted molar refractivity (Wildman–Crippen MR) is 43.5 cm³/mol. The Morgan fingerprint density at radius 1 is 1.36 bits per heavy atom. The summed E-state index contributed by atoms with van der Waals surface area (Å²) in [6, 6.07) is 3.18. The van der Waals surface area contributed by atoms with E-state index in [9.17, 15) is 0 Å². The second-order valence-electron chi connectivity index (χ2n) is 2.35. The zero-order chi connectivity index (χ0) is 8.43. The highest BCUT2D eigenvalue weighted by Gasteiger charge is 2.18. The standard InChI is InChI=1S/C5H9B2NO3/c1-6(9)8-4-2-3-5(8)7(10)11/h2-4,9-11H,1H3. The topological polar surface area (TPSA) is 65.6 Å². The lowest BCUT2D eigenvalue weighted by Gasteiger charge is -2.07. The van der Waals surface area contributed by atoms with Gasteiger partial charge in [0.25, 0.3) is 0 Å². The molecule has 1 aromatic heterocycles. The van der Waals surface area contributed by atoms with Crippen molar-refractivity contribution in [2.24, 2.45) is 0 Å². The molecule has 0 saturated heterocycles. The maximum absolute atomic E-state index is 9.08. The fourth-order valence-electron chi connectivity index (χ4n) is 0.966. The van der Waals surface area contributed by atoms with Gasteiger partial charge in [0.2, 0.25) is 0 Å². The molecule has 0 amide bonds. The number of hydrogen-bond acceptors (Lipinski definition) is 3. The van der Waals surface area contributed by atoms with E-state index in [1.807, 2.05) is 0 Å². The Labute approximate surface area is 65.4 Å². The molecule has 0 radical (unpaired) electrons. The van der Waals surface area contributed by atoms with Crippen molar-refractivity contribution in [1.82, 2.24) is 4.48 Å². The molecule has 0 aliphatic carbocycles. The minimum Gasteiger partial charge on any atom is -0.432 e. The van der Waals surface area contributed by atoms with Gasteiger partial charge < -0.3 is 19.6 Å². The third kappa shape index (κ3) is 1.65. The summed E-state index contributed by atoms with van der Waals surface area (Å²) >= 11 is 0. The Balaban J connectivity index is 2.96. The lowest BCUT2D eigenvalue weighted by atomic mass is 9.80. The van der Waals surface area contributed by atoms with Crippen LogP contribution in [-0.4, -0.2) is 33.7 Å². The van der Waals surface area contributed by atoms with Crippen molar-refractivity contribution < 1.29 is 15.1 Å². The molecule has 4 nitrogen and oxygen atoms in total. The Morgan fingerprint density at radius 2 is 2.00 bits per heavy atom. The second kappa shape index (κ2) is 3.13. The van der Waals surface area contributed by atoms with Crippen molar-refractivity contribution in [3.63, 3.8) is 0 Å². The highest BCUT2D eigenvalue weighted by Crippen LogP contribution is 1.89. The summed E-state index contributed by atoms with van der Waals surface area (Å²) in [5, 5.41) is 26.6. The van der Waals surface area contributed by atoms with Gasteiger partial charge in [-0.15, -0.1) is 0 Å². The molecule has 0 aromatic carbocycles. The molecule has 58 valence electrons. The van der Waals surface area contributed by atoms with Crippen molar-refractivity contribution in [3.05, 3.63) is 18.3 Å². The first-order valence-corrected chi connectivity index (χ1v) is 3.34. The van der Waals surface area contributed by atoms with Crippen LogP contribution in [0.1, 0.15) is 0 Å². The first kappa shape index (κ1) is 8.39. The van der Waals surface area contributed by atoms with Crippen LogP contribution in [0.4, 0.5) is 0 Å². The van der Waals surface area contributed by atoms with Gasteiger partial charge >= 0.3 is 14.2 Å². The van der Waals surface area contributed by atoms with Gasteiger partial charge in [0.1, 0.15) is 0 Å². The quantitative estimate of drug-likeness (QED) is 0.435. The SMILES string of the molecule is CB(O)n1cccc1B(O)O. The van der Waals surface area contributed by atoms with E-state index in [2.05, 4.69) is 0 Å². The van der Waals surface area contributed by atoms with Crippen LogP contribution in [0.15, 0.2) is 18.3 Å². The normalized spacial score (nSPS) is 9.82. The van der Waals surface area contributed by atoms with Gasteiger partial charge in [-0.05, 0) is 25.2 Å². The third-order valence-electron chi connectivity index (χ3n) is 1.48. The van der Waals surface area contributed by atoms with Gasteiger partial charge in [0.15, 0.2) is 0 Å². The largest absolute Gasteiger partial charge is 0.504 e. The molecule has 1 aromatic rings. The Bertz CT molecular complexity index is 213. The van der Waals surface area contributed by atoms with Crippen LogP contribution in [0.2, 0.25) is 6.82 Å². The molecular weight excluding hydrogens is 144 g/mol. The van der Waals surface area contributed by atoms with Crippen LogP contribution >= 0.6 is 0 Å². The minimum absolute atomic E-state index is 0.292. The van der Waals surface area contributed by atoms with Gasteiger partial charge in [0.05, 0.1) is 0 Å². The monoisotopic (exact) mass is 153 g/mol. The summed E-state index contributed by atoms with van der Waals surface area (Å²) in [6.45, 7) is 1.55. The maximum atomic E-state index is 9.08. The number of nitrogens with zero attached hydrogens (tertiary/aromatic N) is 1. The summed E-state index contributed by atoms with van der Waals surface area (Å²) in [4.78, 5) is 0. The van der Waals surface area contributed by atoms with Crippen molar-refractivity contribution in [2.75, 3.05) is 0 Å². The van der Waals surface area contributed by atoms with Gasteiger partial charge in [-0.1, -0.05) is 0 Å². The van der Waals surface area contributed by atoms with E-state index in [4.69, 9.17) is 15.1 Å². The lowest BCUT2D eigenvalue weighted by molar-refractivity contribution is 0.423. The molecule has 3 N–H and O–H groups in total. The fourth-order valence-corrected chi connectivity index (χ4v) is 0.966. The second-order valence-corrected chi connectivity index (χ2v) is 2.35. The zero-order valence-corrected chi connectivity index (χ0v) is 6.18. The molecule has 6 heteroatoms. The molecule has 0 saturated carbocycles. The highest BCUT2D eigenvalue weighted by atomic mass is 16.4. The summed E-state index contributed by atoms with van der Waals surface area (Å²) in [5.74, 6) is 0. The van der Waals surface area contributed by atoms with Gasteiger partial charge in [0, 0.05) is 5.59 Å².